The summed E-state index contributed by atoms with van der Waals surface area (Å²) in [6.45, 7) is 7.85. The smallest absolute Gasteiger partial charge is 0.329 e. The van der Waals surface area contributed by atoms with Gasteiger partial charge in [0.1, 0.15) is 11.5 Å². The second-order valence-electron chi connectivity index (χ2n) is 9.98. The molecule has 4 rings (SSSR count). The van der Waals surface area contributed by atoms with Crippen molar-refractivity contribution >= 4 is 39.2 Å². The zero-order chi connectivity index (χ0) is 26.7. The average molecular weight is 576 g/mol. The van der Waals surface area contributed by atoms with Crippen LogP contribution in [0.3, 0.4) is 0 Å². The Kier molecular flexibility index (Phi) is 8.30. The predicted octanol–water partition coefficient (Wildman–Crippen LogP) is 4.15. The van der Waals surface area contributed by atoms with E-state index in [9.17, 15) is 14.7 Å². The number of fused-ring (bicyclic) bond motifs is 1. The maximum absolute atomic E-state index is 13.7. The quantitative estimate of drug-likeness (QED) is 0.409. The van der Waals surface area contributed by atoms with Gasteiger partial charge in [0.2, 0.25) is 0 Å². The number of nitrogens with zero attached hydrogens (tertiary/aromatic N) is 2. The first-order valence-corrected chi connectivity index (χ1v) is 13.3. The Labute approximate surface area is 226 Å². The third kappa shape index (κ3) is 5.56. The summed E-state index contributed by atoms with van der Waals surface area (Å²) in [5.41, 5.74) is -1.50. The van der Waals surface area contributed by atoms with Gasteiger partial charge in [-0.3, -0.25) is 4.79 Å². The van der Waals surface area contributed by atoms with Crippen LogP contribution in [0.1, 0.15) is 32.3 Å². The van der Waals surface area contributed by atoms with E-state index in [1.54, 1.807) is 36.4 Å². The van der Waals surface area contributed by atoms with Crippen molar-refractivity contribution in [3.63, 3.8) is 0 Å². The number of carbonyl (C=O) groups is 2. The standard InChI is InChI=1S/C27H35BrN4O5/c1-17-12-18(2)16-31(15-17)11-5-10-29-25(33)27(35)21-13-19(28)6-8-22(21)30-26(34)32(27)23-9-7-20(36-3)14-24(23)37-4/h6-9,13-14,17-18,35H,5,10-12,15-16H2,1-4H3,(H,29,33)(H,30,34)/t17-,18+,27-/m1/s1. The minimum atomic E-state index is -2.32. The molecule has 0 spiro atoms. The van der Waals surface area contributed by atoms with Gasteiger partial charge in [0.25, 0.3) is 11.6 Å². The van der Waals surface area contributed by atoms with E-state index in [1.807, 2.05) is 0 Å². The van der Waals surface area contributed by atoms with Gasteiger partial charge in [-0.25, -0.2) is 9.69 Å². The monoisotopic (exact) mass is 574 g/mol. The highest BCUT2D eigenvalue weighted by Crippen LogP contribution is 2.44. The Balaban J connectivity index is 1.62. The fourth-order valence-corrected chi connectivity index (χ4v) is 5.79. The summed E-state index contributed by atoms with van der Waals surface area (Å²) in [4.78, 5) is 30.5. The van der Waals surface area contributed by atoms with Crippen molar-refractivity contribution in [1.82, 2.24) is 10.2 Å². The highest BCUT2D eigenvalue weighted by molar-refractivity contribution is 9.10. The van der Waals surface area contributed by atoms with Gasteiger partial charge in [-0.15, -0.1) is 0 Å². The molecule has 2 heterocycles. The Morgan fingerprint density at radius 1 is 1.16 bits per heavy atom. The van der Waals surface area contributed by atoms with Gasteiger partial charge in [-0.2, -0.15) is 0 Å². The number of benzene rings is 2. The Morgan fingerprint density at radius 2 is 1.89 bits per heavy atom. The molecule has 2 aromatic carbocycles. The third-order valence-corrected chi connectivity index (χ3v) is 7.44. The number of halogens is 1. The summed E-state index contributed by atoms with van der Waals surface area (Å²) in [5, 5.41) is 17.8. The maximum atomic E-state index is 13.7. The minimum absolute atomic E-state index is 0.223. The van der Waals surface area contributed by atoms with Crippen LogP contribution >= 0.6 is 15.9 Å². The highest BCUT2D eigenvalue weighted by Gasteiger charge is 2.52. The number of hydrogen-bond acceptors (Lipinski definition) is 6. The summed E-state index contributed by atoms with van der Waals surface area (Å²) in [6.07, 6.45) is 1.96. The molecule has 0 saturated carbocycles. The number of hydrogen-bond donors (Lipinski definition) is 3. The van der Waals surface area contributed by atoms with Crippen molar-refractivity contribution in [3.05, 3.63) is 46.4 Å². The topological polar surface area (TPSA) is 103 Å². The molecule has 3 N–H and O–H groups in total. The van der Waals surface area contributed by atoms with E-state index in [0.717, 1.165) is 31.0 Å². The molecule has 200 valence electrons. The van der Waals surface area contributed by atoms with Gasteiger partial charge in [0, 0.05) is 35.7 Å². The van der Waals surface area contributed by atoms with Gasteiger partial charge < -0.3 is 30.1 Å². The van der Waals surface area contributed by atoms with Crippen molar-refractivity contribution in [2.24, 2.45) is 11.8 Å². The number of urea groups is 1. The van der Waals surface area contributed by atoms with Crippen LogP contribution < -0.4 is 25.0 Å². The number of carbonyl (C=O) groups excluding carboxylic acids is 2. The molecule has 10 heteroatoms. The van der Waals surface area contributed by atoms with E-state index in [-0.39, 0.29) is 17.0 Å². The average Bonchev–Trinajstić information content (AvgIpc) is 2.86. The first-order chi connectivity index (χ1) is 17.7. The fourth-order valence-electron chi connectivity index (χ4n) is 5.43. The second kappa shape index (κ2) is 11.3. The third-order valence-electron chi connectivity index (χ3n) is 6.95. The van der Waals surface area contributed by atoms with E-state index >= 15 is 0 Å². The summed E-state index contributed by atoms with van der Waals surface area (Å²) < 4.78 is 11.4. The zero-order valence-corrected chi connectivity index (χ0v) is 23.3. The van der Waals surface area contributed by atoms with Crippen molar-refractivity contribution in [2.75, 3.05) is 50.6 Å². The van der Waals surface area contributed by atoms with Crippen LogP contribution in [-0.4, -0.2) is 62.3 Å². The van der Waals surface area contributed by atoms with Crippen LogP contribution in [0.5, 0.6) is 11.5 Å². The molecular weight excluding hydrogens is 540 g/mol. The number of rotatable bonds is 8. The number of likely N-dealkylation sites (tertiary alicyclic amines) is 1. The largest absolute Gasteiger partial charge is 0.497 e. The molecule has 1 saturated heterocycles. The lowest BCUT2D eigenvalue weighted by Crippen LogP contribution is -2.62. The number of piperidine rings is 1. The molecule has 2 aliphatic rings. The predicted molar refractivity (Wildman–Crippen MR) is 146 cm³/mol. The van der Waals surface area contributed by atoms with Crippen LogP contribution in [0.2, 0.25) is 0 Å². The number of aliphatic hydroxyl groups is 1. The molecule has 1 fully saturated rings. The van der Waals surface area contributed by atoms with Gasteiger partial charge in [-0.05, 0) is 61.6 Å². The van der Waals surface area contributed by atoms with Crippen molar-refractivity contribution in [3.8, 4) is 11.5 Å². The lowest BCUT2D eigenvalue weighted by atomic mass is 9.92. The highest BCUT2D eigenvalue weighted by atomic mass is 79.9. The van der Waals surface area contributed by atoms with E-state index in [1.165, 1.54) is 20.6 Å². The van der Waals surface area contributed by atoms with Crippen LogP contribution in [0.25, 0.3) is 0 Å². The van der Waals surface area contributed by atoms with Gasteiger partial charge in [0.05, 0.1) is 25.6 Å². The first-order valence-electron chi connectivity index (χ1n) is 12.5. The molecule has 0 aliphatic carbocycles. The first kappa shape index (κ1) is 27.2. The number of nitrogens with one attached hydrogen (secondary N) is 2. The molecule has 37 heavy (non-hydrogen) atoms. The van der Waals surface area contributed by atoms with E-state index < -0.39 is 17.7 Å². The Bertz CT molecular complexity index is 1150. The van der Waals surface area contributed by atoms with Crippen LogP contribution in [0, 0.1) is 11.8 Å². The van der Waals surface area contributed by atoms with Gasteiger partial charge in [0.15, 0.2) is 0 Å². The molecule has 2 aromatic rings. The lowest BCUT2D eigenvalue weighted by Gasteiger charge is -2.43. The molecule has 3 amide bonds. The molecule has 0 radical (unpaired) electrons. The molecule has 9 nitrogen and oxygen atoms in total. The molecule has 3 atom stereocenters. The van der Waals surface area contributed by atoms with Crippen molar-refractivity contribution < 1.29 is 24.2 Å². The SMILES string of the molecule is COc1ccc(N2C(=O)Nc3ccc(Br)cc3[C@@]2(O)C(=O)NCCCN2C[C@H](C)C[C@H](C)C2)c(OC)c1. The molecule has 2 aliphatic heterocycles. The fraction of sp³-hybridized carbons (Fsp3) is 0.481. The normalized spacial score (nSPS) is 23.7. The molecule has 0 aromatic heterocycles. The van der Waals surface area contributed by atoms with E-state index in [2.05, 4.69) is 45.3 Å². The van der Waals surface area contributed by atoms with E-state index in [0.29, 0.717) is 34.3 Å². The van der Waals surface area contributed by atoms with Crippen molar-refractivity contribution in [2.45, 2.75) is 32.4 Å². The Morgan fingerprint density at radius 3 is 2.57 bits per heavy atom. The van der Waals surface area contributed by atoms with Gasteiger partial charge in [-0.1, -0.05) is 29.8 Å². The number of methoxy groups -OCH3 is 2. The van der Waals surface area contributed by atoms with Crippen LogP contribution in [0.15, 0.2) is 40.9 Å². The minimum Gasteiger partial charge on any atom is -0.497 e. The summed E-state index contributed by atoms with van der Waals surface area (Å²) >= 11 is 3.43. The van der Waals surface area contributed by atoms with Crippen molar-refractivity contribution in [1.29, 1.82) is 0 Å². The summed E-state index contributed by atoms with van der Waals surface area (Å²) in [6, 6.07) is 9.18. The van der Waals surface area contributed by atoms with Crippen LogP contribution in [-0.2, 0) is 10.5 Å². The Hall–Kier alpha value is -2.82. The number of ether oxygens (including phenoxy) is 2. The second-order valence-corrected chi connectivity index (χ2v) is 10.9. The maximum Gasteiger partial charge on any atom is 0.329 e. The number of anilines is 2. The molecule has 0 unspecified atom stereocenters. The summed E-state index contributed by atoms with van der Waals surface area (Å²) in [7, 11) is 2.97. The van der Waals surface area contributed by atoms with Gasteiger partial charge >= 0.3 is 6.03 Å². The summed E-state index contributed by atoms with van der Waals surface area (Å²) in [5.74, 6) is 1.40. The van der Waals surface area contributed by atoms with Crippen LogP contribution in [0.4, 0.5) is 16.2 Å². The molecular formula is C27H35BrN4O5. The van der Waals surface area contributed by atoms with E-state index in [4.69, 9.17) is 9.47 Å². The molecule has 0 bridgehead atoms. The lowest BCUT2D eigenvalue weighted by molar-refractivity contribution is -0.140. The number of amides is 3. The zero-order valence-electron chi connectivity index (χ0n) is 21.7.